The molecule has 0 amide bonds. The number of aromatic nitrogens is 4. The SMILES string of the molecule is COc1ccc2c(c1)C(c1ccc(Cl)cc1)=N[C@@H](CC(=O)CCCNCCCOCCCNS(=O)(=O)c1cc(-c3c(C)noc3C)ccc1C)c1nnc(C)n1-2. The molecular formula is C41H48ClN7O6S. The van der Waals surface area contributed by atoms with E-state index in [1.165, 1.54) is 0 Å². The molecule has 0 aliphatic carbocycles. The molecule has 56 heavy (non-hydrogen) atoms. The van der Waals surface area contributed by atoms with Gasteiger partial charge in [-0.15, -0.1) is 10.2 Å². The van der Waals surface area contributed by atoms with Crippen LogP contribution in [0.1, 0.15) is 77.9 Å². The molecule has 15 heteroatoms. The number of benzene rings is 3. The van der Waals surface area contributed by atoms with Crippen LogP contribution in [0.5, 0.6) is 5.75 Å². The maximum Gasteiger partial charge on any atom is 0.240 e. The minimum Gasteiger partial charge on any atom is -0.497 e. The Kier molecular flexibility index (Phi) is 13.5. The molecule has 0 radical (unpaired) electrons. The highest BCUT2D eigenvalue weighted by Gasteiger charge is 2.30. The molecule has 0 saturated carbocycles. The highest BCUT2D eigenvalue weighted by molar-refractivity contribution is 7.89. The van der Waals surface area contributed by atoms with E-state index < -0.39 is 16.1 Å². The Morgan fingerprint density at radius 3 is 2.38 bits per heavy atom. The first-order chi connectivity index (χ1) is 27.0. The normalized spacial score (nSPS) is 13.9. The summed E-state index contributed by atoms with van der Waals surface area (Å²) in [6.07, 6.45) is 2.61. The number of nitrogens with zero attached hydrogens (tertiary/aromatic N) is 5. The molecule has 1 aliphatic heterocycles. The minimum absolute atomic E-state index is 0.0917. The highest BCUT2D eigenvalue weighted by Crippen LogP contribution is 2.35. The van der Waals surface area contributed by atoms with E-state index in [2.05, 4.69) is 25.4 Å². The predicted molar refractivity (Wildman–Crippen MR) is 216 cm³/mol. The van der Waals surface area contributed by atoms with E-state index in [0.717, 1.165) is 46.6 Å². The standard InChI is InChI=1S/C41H48ClN7O6S/c1-26-10-11-31(39-27(2)48-55-28(39)3)23-38(26)56(51,52)44-20-8-22-54-21-7-19-43-18-6-9-33(50)24-36-41-47-46-29(4)49(41)37-17-16-34(53-5)25-35(37)40(45-36)30-12-14-32(42)15-13-30/h10-17,23,25,36,43-44H,6-9,18-22,24H2,1-5H3/t36-/m0/s1. The van der Waals surface area contributed by atoms with E-state index in [4.69, 9.17) is 30.6 Å². The molecule has 0 bridgehead atoms. The van der Waals surface area contributed by atoms with Gasteiger partial charge >= 0.3 is 0 Å². The van der Waals surface area contributed by atoms with Crippen molar-refractivity contribution in [3.63, 3.8) is 0 Å². The summed E-state index contributed by atoms with van der Waals surface area (Å²) >= 11 is 6.22. The number of nitrogens with one attached hydrogen (secondary N) is 2. The summed E-state index contributed by atoms with van der Waals surface area (Å²) in [7, 11) is -2.08. The summed E-state index contributed by atoms with van der Waals surface area (Å²) in [6, 6.07) is 18.1. The number of aliphatic imine (C=N–C) groups is 1. The van der Waals surface area contributed by atoms with Crippen LogP contribution >= 0.6 is 11.6 Å². The van der Waals surface area contributed by atoms with E-state index >= 15 is 0 Å². The molecule has 0 fully saturated rings. The van der Waals surface area contributed by atoms with Crippen molar-refractivity contribution in [1.82, 2.24) is 30.0 Å². The van der Waals surface area contributed by atoms with Gasteiger partial charge in [-0.2, -0.15) is 0 Å². The molecule has 0 spiro atoms. The lowest BCUT2D eigenvalue weighted by atomic mass is 9.99. The molecule has 2 N–H and O–H groups in total. The van der Waals surface area contributed by atoms with Gasteiger partial charge in [-0.3, -0.25) is 14.4 Å². The van der Waals surface area contributed by atoms with Crippen molar-refractivity contribution in [1.29, 1.82) is 0 Å². The lowest BCUT2D eigenvalue weighted by Crippen LogP contribution is -2.26. The summed E-state index contributed by atoms with van der Waals surface area (Å²) < 4.78 is 47.5. The van der Waals surface area contributed by atoms with Crippen LogP contribution in [0.15, 0.2) is 75.1 Å². The number of rotatable bonds is 19. The second-order valence-corrected chi connectivity index (χ2v) is 16.0. The number of aryl methyl sites for hydroxylation is 4. The Morgan fingerprint density at radius 2 is 1.64 bits per heavy atom. The van der Waals surface area contributed by atoms with Gasteiger partial charge in [-0.05, 0) is 108 Å². The van der Waals surface area contributed by atoms with E-state index in [1.54, 1.807) is 26.2 Å². The van der Waals surface area contributed by atoms with Gasteiger partial charge in [0.05, 0.1) is 29.1 Å². The van der Waals surface area contributed by atoms with Gasteiger partial charge in [0.25, 0.3) is 0 Å². The number of hydrogen-bond donors (Lipinski definition) is 2. The number of carbonyl (C=O) groups is 1. The average molecular weight is 802 g/mol. The van der Waals surface area contributed by atoms with Crippen molar-refractivity contribution in [2.45, 2.75) is 70.7 Å². The van der Waals surface area contributed by atoms with Crippen molar-refractivity contribution < 1.29 is 27.2 Å². The quantitative estimate of drug-likeness (QED) is 0.0848. The zero-order chi connectivity index (χ0) is 39.8. The summed E-state index contributed by atoms with van der Waals surface area (Å²) in [5, 5.41) is 16.8. The first-order valence-electron chi connectivity index (χ1n) is 18.7. The summed E-state index contributed by atoms with van der Waals surface area (Å²) in [6.45, 7) is 9.98. The topological polar surface area (TPSA) is 163 Å². The first kappa shape index (κ1) is 40.9. The second-order valence-electron chi connectivity index (χ2n) is 13.8. The van der Waals surface area contributed by atoms with Crippen LogP contribution in [0.3, 0.4) is 0 Å². The van der Waals surface area contributed by atoms with E-state index in [1.807, 2.05) is 73.9 Å². The van der Waals surface area contributed by atoms with E-state index in [-0.39, 0.29) is 23.6 Å². The van der Waals surface area contributed by atoms with Gasteiger partial charge < -0.3 is 19.3 Å². The van der Waals surface area contributed by atoms with Gasteiger partial charge in [-0.25, -0.2) is 13.1 Å². The van der Waals surface area contributed by atoms with Crippen molar-refractivity contribution in [2.24, 2.45) is 4.99 Å². The van der Waals surface area contributed by atoms with Crippen LogP contribution in [0.4, 0.5) is 0 Å². The van der Waals surface area contributed by atoms with Crippen molar-refractivity contribution in [2.75, 3.05) is 40.0 Å². The molecule has 2 aromatic heterocycles. The Labute approximate surface area is 332 Å². The number of fused-ring (bicyclic) bond motifs is 3. The Balaban J connectivity index is 0.921. The van der Waals surface area contributed by atoms with Crippen LogP contribution in [0, 0.1) is 27.7 Å². The Bertz CT molecular complexity index is 2280. The third-order valence-electron chi connectivity index (χ3n) is 9.68. The van der Waals surface area contributed by atoms with Gasteiger partial charge in [0, 0.05) is 54.3 Å². The van der Waals surface area contributed by atoms with Crippen molar-refractivity contribution in [3.05, 3.63) is 105 Å². The number of methoxy groups -OCH3 is 1. The minimum atomic E-state index is -3.71. The van der Waals surface area contributed by atoms with Crippen LogP contribution in [-0.4, -0.2) is 79.8 Å². The Morgan fingerprint density at radius 1 is 0.911 bits per heavy atom. The lowest BCUT2D eigenvalue weighted by molar-refractivity contribution is -0.119. The van der Waals surface area contributed by atoms with E-state index in [0.29, 0.717) is 78.5 Å². The fraction of sp³-hybridized carbons (Fsp3) is 0.390. The second kappa shape index (κ2) is 18.5. The number of halogens is 1. The molecule has 1 aliphatic rings. The highest BCUT2D eigenvalue weighted by atomic mass is 35.5. The van der Waals surface area contributed by atoms with Crippen LogP contribution in [0.2, 0.25) is 5.02 Å². The Hall–Kier alpha value is -4.73. The molecule has 296 valence electrons. The molecule has 3 aromatic carbocycles. The van der Waals surface area contributed by atoms with Gasteiger partial charge in [0.1, 0.15) is 29.2 Å². The maximum atomic E-state index is 13.3. The monoisotopic (exact) mass is 801 g/mol. The molecule has 5 aromatic rings. The van der Waals surface area contributed by atoms with Gasteiger partial charge in [0.2, 0.25) is 10.0 Å². The first-order valence-corrected chi connectivity index (χ1v) is 20.6. The molecular weight excluding hydrogens is 754 g/mol. The number of Topliss-reactive ketones (excluding diaryl/α,β-unsaturated/α-hetero) is 1. The van der Waals surface area contributed by atoms with Crippen LogP contribution in [-0.2, 0) is 19.6 Å². The summed E-state index contributed by atoms with van der Waals surface area (Å²) in [5.41, 5.74) is 6.25. The number of ketones is 1. The number of carbonyl (C=O) groups excluding carboxylic acids is 1. The van der Waals surface area contributed by atoms with Gasteiger partial charge in [0.15, 0.2) is 5.82 Å². The third kappa shape index (κ3) is 9.61. The van der Waals surface area contributed by atoms with E-state index in [9.17, 15) is 13.2 Å². The maximum absolute atomic E-state index is 13.3. The zero-order valence-corrected chi connectivity index (χ0v) is 34.0. The van der Waals surface area contributed by atoms with Crippen LogP contribution in [0.25, 0.3) is 16.8 Å². The molecule has 6 rings (SSSR count). The third-order valence-corrected chi connectivity index (χ3v) is 11.5. The number of hydrogen-bond acceptors (Lipinski definition) is 11. The van der Waals surface area contributed by atoms with Gasteiger partial charge in [-0.1, -0.05) is 41.0 Å². The zero-order valence-electron chi connectivity index (χ0n) is 32.4. The smallest absolute Gasteiger partial charge is 0.240 e. The van der Waals surface area contributed by atoms with Crippen molar-refractivity contribution in [3.8, 4) is 22.6 Å². The molecule has 3 heterocycles. The largest absolute Gasteiger partial charge is 0.497 e. The molecule has 13 nitrogen and oxygen atoms in total. The lowest BCUT2D eigenvalue weighted by Gasteiger charge is -2.14. The molecule has 0 unspecified atom stereocenters. The molecule has 1 atom stereocenters. The van der Waals surface area contributed by atoms with Crippen molar-refractivity contribution >= 4 is 33.1 Å². The number of ether oxygens (including phenoxy) is 2. The average Bonchev–Trinajstić information content (AvgIpc) is 3.69. The predicted octanol–water partition coefficient (Wildman–Crippen LogP) is 6.81. The fourth-order valence-corrected chi connectivity index (χ4v) is 8.30. The number of sulfonamides is 1. The molecule has 0 saturated heterocycles. The summed E-state index contributed by atoms with van der Waals surface area (Å²) in [4.78, 5) is 18.7. The fourth-order valence-electron chi connectivity index (χ4n) is 6.83. The van der Waals surface area contributed by atoms with Crippen LogP contribution < -0.4 is 14.8 Å². The summed E-state index contributed by atoms with van der Waals surface area (Å²) in [5.74, 6) is 2.75.